The first kappa shape index (κ1) is 14.5. The van der Waals surface area contributed by atoms with Crippen molar-refractivity contribution in [1.29, 1.82) is 0 Å². The number of aliphatic hydroxyl groups is 1. The number of amides is 1. The summed E-state index contributed by atoms with van der Waals surface area (Å²) in [5.41, 5.74) is 5.59. The molecule has 1 fully saturated rings. The van der Waals surface area contributed by atoms with E-state index in [9.17, 15) is 9.90 Å². The van der Waals surface area contributed by atoms with Crippen molar-refractivity contribution in [2.75, 3.05) is 6.54 Å². The zero-order chi connectivity index (χ0) is 12.7. The first-order valence-corrected chi connectivity index (χ1v) is 6.84. The minimum absolute atomic E-state index is 0.0354. The molecule has 1 aliphatic carbocycles. The summed E-state index contributed by atoms with van der Waals surface area (Å²) in [4.78, 5) is 11.8. The smallest absolute Gasteiger partial charge is 0.220 e. The molecule has 1 amide bonds. The van der Waals surface area contributed by atoms with Gasteiger partial charge < -0.3 is 16.2 Å². The van der Waals surface area contributed by atoms with Crippen LogP contribution in [0.4, 0.5) is 0 Å². The lowest BCUT2D eigenvalue weighted by atomic mass is 10.0. The van der Waals surface area contributed by atoms with Gasteiger partial charge in [0.2, 0.25) is 5.91 Å². The SMILES string of the molecule is CCC(CN)CC(=O)NC1CCCCCC1O. The Morgan fingerprint density at radius 3 is 2.76 bits per heavy atom. The summed E-state index contributed by atoms with van der Waals surface area (Å²) < 4.78 is 0. The van der Waals surface area contributed by atoms with E-state index >= 15 is 0 Å². The van der Waals surface area contributed by atoms with E-state index in [4.69, 9.17) is 5.73 Å². The van der Waals surface area contributed by atoms with Gasteiger partial charge in [0.25, 0.3) is 0 Å². The van der Waals surface area contributed by atoms with E-state index in [1.807, 2.05) is 6.92 Å². The van der Waals surface area contributed by atoms with E-state index in [1.54, 1.807) is 0 Å². The lowest BCUT2D eigenvalue weighted by molar-refractivity contribution is -0.123. The van der Waals surface area contributed by atoms with E-state index in [0.29, 0.717) is 13.0 Å². The molecule has 0 radical (unpaired) electrons. The van der Waals surface area contributed by atoms with Crippen molar-refractivity contribution >= 4 is 5.91 Å². The van der Waals surface area contributed by atoms with Crippen molar-refractivity contribution < 1.29 is 9.90 Å². The van der Waals surface area contributed by atoms with Crippen molar-refractivity contribution in [2.24, 2.45) is 11.7 Å². The van der Waals surface area contributed by atoms with E-state index < -0.39 is 0 Å². The van der Waals surface area contributed by atoms with Gasteiger partial charge in [-0.25, -0.2) is 0 Å². The van der Waals surface area contributed by atoms with Crippen LogP contribution in [0.3, 0.4) is 0 Å². The molecule has 1 rings (SSSR count). The maximum Gasteiger partial charge on any atom is 0.220 e. The highest BCUT2D eigenvalue weighted by molar-refractivity contribution is 5.76. The van der Waals surface area contributed by atoms with Crippen LogP contribution in [0.25, 0.3) is 0 Å². The highest BCUT2D eigenvalue weighted by atomic mass is 16.3. The van der Waals surface area contributed by atoms with Gasteiger partial charge in [-0.1, -0.05) is 32.6 Å². The third-order valence-electron chi connectivity index (χ3n) is 3.71. The maximum absolute atomic E-state index is 11.8. The van der Waals surface area contributed by atoms with E-state index in [-0.39, 0.29) is 24.0 Å². The quantitative estimate of drug-likeness (QED) is 0.633. The van der Waals surface area contributed by atoms with Gasteiger partial charge in [0.05, 0.1) is 12.1 Å². The fourth-order valence-corrected chi connectivity index (χ4v) is 2.38. The standard InChI is InChI=1S/C13H26N2O2/c1-2-10(9-14)8-13(17)15-11-6-4-3-5-7-12(11)16/h10-12,16H,2-9,14H2,1H3,(H,15,17). The second kappa shape index (κ2) is 7.67. The molecule has 3 unspecified atom stereocenters. The molecule has 0 saturated heterocycles. The van der Waals surface area contributed by atoms with E-state index in [2.05, 4.69) is 5.32 Å². The van der Waals surface area contributed by atoms with Crippen LogP contribution in [0.2, 0.25) is 0 Å². The Kier molecular flexibility index (Phi) is 6.52. The van der Waals surface area contributed by atoms with Gasteiger partial charge in [-0.2, -0.15) is 0 Å². The number of rotatable bonds is 5. The zero-order valence-corrected chi connectivity index (χ0v) is 10.8. The second-order valence-corrected chi connectivity index (χ2v) is 5.09. The molecule has 17 heavy (non-hydrogen) atoms. The van der Waals surface area contributed by atoms with Gasteiger partial charge in [-0.05, 0) is 25.3 Å². The monoisotopic (exact) mass is 242 g/mol. The van der Waals surface area contributed by atoms with Crippen LogP contribution in [0, 0.1) is 5.92 Å². The summed E-state index contributed by atoms with van der Waals surface area (Å²) in [6.07, 6.45) is 6.05. The molecule has 0 aromatic carbocycles. The van der Waals surface area contributed by atoms with Crippen LogP contribution in [0.15, 0.2) is 0 Å². The number of nitrogens with two attached hydrogens (primary N) is 1. The second-order valence-electron chi connectivity index (χ2n) is 5.09. The molecule has 4 N–H and O–H groups in total. The van der Waals surface area contributed by atoms with Crippen molar-refractivity contribution in [2.45, 2.75) is 64.0 Å². The minimum atomic E-state index is -0.376. The Hall–Kier alpha value is -0.610. The lowest BCUT2D eigenvalue weighted by Crippen LogP contribution is -2.43. The Labute approximate surface area is 104 Å². The summed E-state index contributed by atoms with van der Waals surface area (Å²) in [6.45, 7) is 2.60. The average Bonchev–Trinajstić information content (AvgIpc) is 2.52. The summed E-state index contributed by atoms with van der Waals surface area (Å²) in [5.74, 6) is 0.297. The van der Waals surface area contributed by atoms with Crippen LogP contribution >= 0.6 is 0 Å². The topological polar surface area (TPSA) is 75.4 Å². The van der Waals surface area contributed by atoms with Crippen molar-refractivity contribution in [1.82, 2.24) is 5.32 Å². The van der Waals surface area contributed by atoms with E-state index in [0.717, 1.165) is 38.5 Å². The number of nitrogens with one attached hydrogen (secondary N) is 1. The summed E-state index contributed by atoms with van der Waals surface area (Å²) in [5, 5.41) is 12.9. The molecule has 0 aromatic heterocycles. The fraction of sp³-hybridized carbons (Fsp3) is 0.923. The van der Waals surface area contributed by atoms with Crippen LogP contribution in [-0.4, -0.2) is 29.7 Å². The first-order valence-electron chi connectivity index (χ1n) is 6.84. The van der Waals surface area contributed by atoms with Crippen molar-refractivity contribution in [3.8, 4) is 0 Å². The van der Waals surface area contributed by atoms with Gasteiger partial charge in [0, 0.05) is 6.42 Å². The zero-order valence-electron chi connectivity index (χ0n) is 10.8. The van der Waals surface area contributed by atoms with Gasteiger partial charge >= 0.3 is 0 Å². The Morgan fingerprint density at radius 2 is 2.12 bits per heavy atom. The van der Waals surface area contributed by atoms with Crippen molar-refractivity contribution in [3.05, 3.63) is 0 Å². The average molecular weight is 242 g/mol. The number of hydrogen-bond donors (Lipinski definition) is 3. The maximum atomic E-state index is 11.8. The predicted octanol–water partition coefficient (Wildman–Crippen LogP) is 1.17. The van der Waals surface area contributed by atoms with Gasteiger partial charge in [0.1, 0.15) is 0 Å². The predicted molar refractivity (Wildman–Crippen MR) is 68.5 cm³/mol. The lowest BCUT2D eigenvalue weighted by Gasteiger charge is -2.22. The van der Waals surface area contributed by atoms with Gasteiger partial charge in [0.15, 0.2) is 0 Å². The van der Waals surface area contributed by atoms with Crippen LogP contribution in [0.5, 0.6) is 0 Å². The molecule has 4 nitrogen and oxygen atoms in total. The number of carbonyl (C=O) groups excluding carboxylic acids is 1. The molecule has 0 aliphatic heterocycles. The van der Waals surface area contributed by atoms with E-state index in [1.165, 1.54) is 0 Å². The highest BCUT2D eigenvalue weighted by Gasteiger charge is 2.23. The summed E-state index contributed by atoms with van der Waals surface area (Å²) in [6, 6.07) is -0.0553. The molecule has 3 atom stereocenters. The molecule has 0 bridgehead atoms. The van der Waals surface area contributed by atoms with Gasteiger partial charge in [-0.3, -0.25) is 4.79 Å². The highest BCUT2D eigenvalue weighted by Crippen LogP contribution is 2.18. The van der Waals surface area contributed by atoms with Gasteiger partial charge in [-0.15, -0.1) is 0 Å². The van der Waals surface area contributed by atoms with Crippen LogP contribution in [-0.2, 0) is 4.79 Å². The molecule has 0 spiro atoms. The molecule has 0 heterocycles. The third-order valence-corrected chi connectivity index (χ3v) is 3.71. The number of aliphatic hydroxyl groups excluding tert-OH is 1. The number of hydrogen-bond acceptors (Lipinski definition) is 3. The minimum Gasteiger partial charge on any atom is -0.391 e. The Balaban J connectivity index is 2.37. The molecular weight excluding hydrogens is 216 g/mol. The largest absolute Gasteiger partial charge is 0.391 e. The normalized spacial score (nSPS) is 27.2. The summed E-state index contributed by atoms with van der Waals surface area (Å²) >= 11 is 0. The molecule has 4 heteroatoms. The first-order chi connectivity index (χ1) is 8.17. The Morgan fingerprint density at radius 1 is 1.41 bits per heavy atom. The number of carbonyl (C=O) groups is 1. The molecule has 100 valence electrons. The van der Waals surface area contributed by atoms with Crippen LogP contribution in [0.1, 0.15) is 51.9 Å². The molecule has 0 aromatic rings. The molecule has 1 aliphatic rings. The van der Waals surface area contributed by atoms with Crippen LogP contribution < -0.4 is 11.1 Å². The molecular formula is C13H26N2O2. The van der Waals surface area contributed by atoms with Crippen molar-refractivity contribution in [3.63, 3.8) is 0 Å². The summed E-state index contributed by atoms with van der Waals surface area (Å²) in [7, 11) is 0. The third kappa shape index (κ3) is 5.04. The fourth-order valence-electron chi connectivity index (χ4n) is 2.38. The Bertz CT molecular complexity index is 229. The molecule has 1 saturated carbocycles.